The Morgan fingerprint density at radius 1 is 1.42 bits per heavy atom. The van der Waals surface area contributed by atoms with E-state index in [1.807, 2.05) is 13.8 Å². The Morgan fingerprint density at radius 3 is 2.75 bits per heavy atom. The van der Waals surface area contributed by atoms with E-state index in [2.05, 4.69) is 10.3 Å². The summed E-state index contributed by atoms with van der Waals surface area (Å²) < 4.78 is 1.47. The topological polar surface area (TPSA) is 110 Å². The maximum absolute atomic E-state index is 12.5. The zero-order valence-electron chi connectivity index (χ0n) is 14.4. The number of hydrogen-bond acceptors (Lipinski definition) is 5. The molecule has 0 radical (unpaired) electrons. The summed E-state index contributed by atoms with van der Waals surface area (Å²) in [5, 5.41) is 2.74. The molecule has 8 nitrogen and oxygen atoms in total. The number of nitrogens with zero attached hydrogens (tertiary/aromatic N) is 3. The van der Waals surface area contributed by atoms with Gasteiger partial charge in [-0.25, -0.2) is 4.79 Å². The normalized spacial score (nSPS) is 20.2. The molecule has 0 bridgehead atoms. The summed E-state index contributed by atoms with van der Waals surface area (Å²) in [6, 6.07) is 1.07. The molecule has 3 N–H and O–H groups in total. The predicted octanol–water partition coefficient (Wildman–Crippen LogP) is -0.685. The molecule has 0 spiro atoms. The van der Waals surface area contributed by atoms with E-state index in [1.54, 1.807) is 13.0 Å². The van der Waals surface area contributed by atoms with Gasteiger partial charge in [-0.1, -0.05) is 0 Å². The second-order valence-corrected chi connectivity index (χ2v) is 6.18. The highest BCUT2D eigenvalue weighted by atomic mass is 16.2. The summed E-state index contributed by atoms with van der Waals surface area (Å²) in [6.07, 6.45) is 0.594. The number of carbonyl (C=O) groups is 2. The van der Waals surface area contributed by atoms with Gasteiger partial charge in [0.25, 0.3) is 0 Å². The Morgan fingerprint density at radius 2 is 2.12 bits per heavy atom. The molecule has 0 unspecified atom stereocenters. The molecule has 1 aliphatic rings. The van der Waals surface area contributed by atoms with E-state index in [4.69, 9.17) is 5.73 Å². The van der Waals surface area contributed by atoms with Crippen LogP contribution in [0.5, 0.6) is 0 Å². The zero-order chi connectivity index (χ0) is 17.9. The third-order valence-electron chi connectivity index (χ3n) is 4.20. The van der Waals surface area contributed by atoms with Crippen molar-refractivity contribution in [3.8, 4) is 0 Å². The van der Waals surface area contributed by atoms with Gasteiger partial charge in [0, 0.05) is 43.5 Å². The third-order valence-corrected chi connectivity index (χ3v) is 4.20. The summed E-state index contributed by atoms with van der Waals surface area (Å²) in [7, 11) is 0. The van der Waals surface area contributed by atoms with E-state index in [-0.39, 0.29) is 36.5 Å². The van der Waals surface area contributed by atoms with Crippen molar-refractivity contribution in [3.05, 3.63) is 27.9 Å². The standard InChI is InChI=1S/C16H25N5O3/c1-4-18-15(23)13-8-12(17)9-21(13)14(22)5-6-20-11(3)7-10(2)19-16(20)24/h7,12-13H,4-6,8-9,17H2,1-3H3,(H,18,23)/t12-,13-/m0/s1. The summed E-state index contributed by atoms with van der Waals surface area (Å²) in [4.78, 5) is 42.0. The van der Waals surface area contributed by atoms with Crippen LogP contribution in [0.25, 0.3) is 0 Å². The summed E-state index contributed by atoms with van der Waals surface area (Å²) >= 11 is 0. The molecule has 0 aromatic carbocycles. The van der Waals surface area contributed by atoms with E-state index in [0.29, 0.717) is 25.2 Å². The van der Waals surface area contributed by atoms with Crippen LogP contribution in [-0.2, 0) is 16.1 Å². The Balaban J connectivity index is 2.06. The van der Waals surface area contributed by atoms with Crippen LogP contribution < -0.4 is 16.7 Å². The van der Waals surface area contributed by atoms with Crippen molar-refractivity contribution in [1.82, 2.24) is 19.8 Å². The molecule has 2 rings (SSSR count). The molecule has 24 heavy (non-hydrogen) atoms. The van der Waals surface area contributed by atoms with Crippen LogP contribution in [-0.4, -0.2) is 51.4 Å². The van der Waals surface area contributed by atoms with E-state index >= 15 is 0 Å². The van der Waals surface area contributed by atoms with Crippen molar-refractivity contribution < 1.29 is 9.59 Å². The van der Waals surface area contributed by atoms with Crippen LogP contribution in [0.4, 0.5) is 0 Å². The second kappa shape index (κ2) is 7.57. The molecule has 1 fully saturated rings. The first-order valence-corrected chi connectivity index (χ1v) is 8.21. The minimum atomic E-state index is -0.526. The lowest BCUT2D eigenvalue weighted by atomic mass is 10.1. The Labute approximate surface area is 141 Å². The minimum absolute atomic E-state index is 0.133. The number of carbonyl (C=O) groups excluding carboxylic acids is 2. The minimum Gasteiger partial charge on any atom is -0.355 e. The lowest BCUT2D eigenvalue weighted by Gasteiger charge is -2.24. The molecule has 1 aliphatic heterocycles. The number of likely N-dealkylation sites (tertiary alicyclic amines) is 1. The van der Waals surface area contributed by atoms with E-state index < -0.39 is 6.04 Å². The first-order chi connectivity index (χ1) is 11.3. The molecule has 2 atom stereocenters. The van der Waals surface area contributed by atoms with Crippen LogP contribution in [0.3, 0.4) is 0 Å². The van der Waals surface area contributed by atoms with Gasteiger partial charge in [-0.3, -0.25) is 14.2 Å². The van der Waals surface area contributed by atoms with Crippen LogP contribution in [0.1, 0.15) is 31.2 Å². The molecular formula is C16H25N5O3. The largest absolute Gasteiger partial charge is 0.355 e. The average Bonchev–Trinajstić information content (AvgIpc) is 2.88. The maximum atomic E-state index is 12.5. The van der Waals surface area contributed by atoms with E-state index in [0.717, 1.165) is 5.69 Å². The molecule has 0 saturated carbocycles. The summed E-state index contributed by atoms with van der Waals surface area (Å²) in [6.45, 7) is 6.51. The molecule has 1 aromatic rings. The van der Waals surface area contributed by atoms with Gasteiger partial charge < -0.3 is 16.0 Å². The van der Waals surface area contributed by atoms with Gasteiger partial charge in [0.05, 0.1) is 0 Å². The molecular weight excluding hydrogens is 310 g/mol. The third kappa shape index (κ3) is 4.00. The Hall–Kier alpha value is -2.22. The van der Waals surface area contributed by atoms with Gasteiger partial charge in [0.2, 0.25) is 11.8 Å². The molecule has 0 aliphatic carbocycles. The number of nitrogens with one attached hydrogen (secondary N) is 1. The van der Waals surface area contributed by atoms with Crippen molar-refractivity contribution in [2.45, 2.75) is 52.2 Å². The number of hydrogen-bond donors (Lipinski definition) is 2. The van der Waals surface area contributed by atoms with Crippen molar-refractivity contribution in [3.63, 3.8) is 0 Å². The van der Waals surface area contributed by atoms with Crippen LogP contribution in [0.15, 0.2) is 10.9 Å². The summed E-state index contributed by atoms with van der Waals surface area (Å²) in [5.74, 6) is -0.352. The average molecular weight is 335 g/mol. The predicted molar refractivity (Wildman–Crippen MR) is 89.4 cm³/mol. The van der Waals surface area contributed by atoms with Gasteiger partial charge in [-0.15, -0.1) is 0 Å². The van der Waals surface area contributed by atoms with E-state index in [9.17, 15) is 14.4 Å². The second-order valence-electron chi connectivity index (χ2n) is 6.18. The van der Waals surface area contributed by atoms with E-state index in [1.165, 1.54) is 9.47 Å². The number of rotatable bonds is 5. The summed E-state index contributed by atoms with van der Waals surface area (Å²) in [5.41, 5.74) is 6.98. The van der Waals surface area contributed by atoms with Crippen molar-refractivity contribution in [2.75, 3.05) is 13.1 Å². The smallest absolute Gasteiger partial charge is 0.347 e. The highest BCUT2D eigenvalue weighted by molar-refractivity contribution is 5.88. The maximum Gasteiger partial charge on any atom is 0.347 e. The molecule has 1 aromatic heterocycles. The number of amides is 2. The highest BCUT2D eigenvalue weighted by Crippen LogP contribution is 2.18. The van der Waals surface area contributed by atoms with Crippen molar-refractivity contribution >= 4 is 11.8 Å². The van der Waals surface area contributed by atoms with Gasteiger partial charge in [0.1, 0.15) is 6.04 Å². The first kappa shape index (κ1) is 18.1. The van der Waals surface area contributed by atoms with Crippen LogP contribution >= 0.6 is 0 Å². The quantitative estimate of drug-likeness (QED) is 0.740. The van der Waals surface area contributed by atoms with Gasteiger partial charge >= 0.3 is 5.69 Å². The van der Waals surface area contributed by atoms with Gasteiger partial charge in [-0.05, 0) is 33.3 Å². The van der Waals surface area contributed by atoms with Gasteiger partial charge in [-0.2, -0.15) is 4.98 Å². The number of aryl methyl sites for hydroxylation is 2. The molecule has 2 heterocycles. The number of likely N-dealkylation sites (N-methyl/N-ethyl adjacent to an activating group) is 1. The molecule has 2 amide bonds. The fourth-order valence-corrected chi connectivity index (χ4v) is 3.08. The zero-order valence-corrected chi connectivity index (χ0v) is 14.4. The monoisotopic (exact) mass is 335 g/mol. The molecule has 1 saturated heterocycles. The van der Waals surface area contributed by atoms with Crippen LogP contribution in [0.2, 0.25) is 0 Å². The molecule has 132 valence electrons. The number of nitrogens with two attached hydrogens (primary N) is 1. The SMILES string of the molecule is CCNC(=O)[C@@H]1C[C@H](N)CN1C(=O)CCn1c(C)cc(C)nc1=O. The molecule has 8 heteroatoms. The van der Waals surface area contributed by atoms with Crippen LogP contribution in [0, 0.1) is 13.8 Å². The van der Waals surface area contributed by atoms with Crippen molar-refractivity contribution in [2.24, 2.45) is 5.73 Å². The lowest BCUT2D eigenvalue weighted by molar-refractivity contribution is -0.138. The highest BCUT2D eigenvalue weighted by Gasteiger charge is 2.37. The Bertz CT molecular complexity index is 685. The fraction of sp³-hybridized carbons (Fsp3) is 0.625. The fourth-order valence-electron chi connectivity index (χ4n) is 3.08. The Kier molecular flexibility index (Phi) is 5.71. The first-order valence-electron chi connectivity index (χ1n) is 8.21. The number of aromatic nitrogens is 2. The van der Waals surface area contributed by atoms with Crippen molar-refractivity contribution in [1.29, 1.82) is 0 Å². The van der Waals surface area contributed by atoms with Gasteiger partial charge in [0.15, 0.2) is 0 Å². The lowest BCUT2D eigenvalue weighted by Crippen LogP contribution is -2.46.